The molecule has 2 aliphatic heterocycles. The zero-order valence-electron chi connectivity index (χ0n) is 20.1. The van der Waals surface area contributed by atoms with Crippen molar-refractivity contribution in [3.05, 3.63) is 89.2 Å². The number of hydrogen-bond acceptors (Lipinski definition) is 4. The van der Waals surface area contributed by atoms with Crippen molar-refractivity contribution in [2.45, 2.75) is 32.2 Å². The highest BCUT2D eigenvalue weighted by Crippen LogP contribution is 2.48. The van der Waals surface area contributed by atoms with E-state index in [0.29, 0.717) is 18.4 Å². The lowest BCUT2D eigenvalue weighted by atomic mass is 9.83. The standard InChI is InChI=1S/C30H30FNO3/c1-18(32-15-22-13-23(22)16-32)17-34-26-10-5-21(6-11-26)30-29(20-3-7-24(31)8-4-20)19(2)27-14-25(33)9-12-28(27)35-30/h3-12,14,18-19,22-23,33H,13,15-17H2,1-2H3/t18-,19?,22?,23?/m0/s1. The Labute approximate surface area is 205 Å². The second-order valence-electron chi connectivity index (χ2n) is 10.2. The Balaban J connectivity index is 1.27. The molecule has 1 aliphatic carbocycles. The lowest BCUT2D eigenvalue weighted by Crippen LogP contribution is -2.36. The van der Waals surface area contributed by atoms with E-state index in [9.17, 15) is 9.50 Å². The van der Waals surface area contributed by atoms with E-state index in [1.807, 2.05) is 24.3 Å². The molecule has 1 N–H and O–H groups in total. The van der Waals surface area contributed by atoms with E-state index in [1.54, 1.807) is 30.3 Å². The fourth-order valence-electron chi connectivity index (χ4n) is 5.53. The molecule has 1 saturated carbocycles. The summed E-state index contributed by atoms with van der Waals surface area (Å²) in [6.45, 7) is 7.42. The van der Waals surface area contributed by atoms with Gasteiger partial charge in [0.2, 0.25) is 0 Å². The summed E-state index contributed by atoms with van der Waals surface area (Å²) in [5.74, 6) is 4.01. The third-order valence-corrected chi connectivity index (χ3v) is 7.74. The Morgan fingerprint density at radius 3 is 2.40 bits per heavy atom. The highest BCUT2D eigenvalue weighted by molar-refractivity contribution is 5.93. The molecule has 4 nitrogen and oxygen atoms in total. The molecule has 35 heavy (non-hydrogen) atoms. The molecule has 0 bridgehead atoms. The minimum Gasteiger partial charge on any atom is -0.508 e. The van der Waals surface area contributed by atoms with Gasteiger partial charge in [-0.05, 0) is 85.3 Å². The van der Waals surface area contributed by atoms with Gasteiger partial charge in [-0.25, -0.2) is 4.39 Å². The van der Waals surface area contributed by atoms with Gasteiger partial charge in [0.05, 0.1) is 0 Å². The number of benzene rings is 3. The van der Waals surface area contributed by atoms with Gasteiger partial charge in [-0.3, -0.25) is 4.90 Å². The molecule has 1 saturated heterocycles. The summed E-state index contributed by atoms with van der Waals surface area (Å²) in [6, 6.07) is 20.1. The number of phenols is 1. The first-order valence-corrected chi connectivity index (χ1v) is 12.4. The minimum atomic E-state index is -0.278. The predicted molar refractivity (Wildman–Crippen MR) is 135 cm³/mol. The summed E-state index contributed by atoms with van der Waals surface area (Å²) in [6.07, 6.45) is 1.41. The molecular weight excluding hydrogens is 441 g/mol. The molecule has 5 heteroatoms. The number of rotatable bonds is 6. The molecule has 4 atom stereocenters. The van der Waals surface area contributed by atoms with Crippen molar-refractivity contribution < 1.29 is 19.0 Å². The van der Waals surface area contributed by atoms with E-state index in [2.05, 4.69) is 18.7 Å². The Morgan fingerprint density at radius 2 is 1.69 bits per heavy atom. The number of hydrogen-bond donors (Lipinski definition) is 1. The van der Waals surface area contributed by atoms with Gasteiger partial charge in [0, 0.05) is 41.7 Å². The van der Waals surface area contributed by atoms with Crippen molar-refractivity contribution in [2.24, 2.45) is 11.8 Å². The molecule has 3 unspecified atom stereocenters. The van der Waals surface area contributed by atoms with Crippen LogP contribution in [0.2, 0.25) is 0 Å². The molecule has 3 aromatic rings. The zero-order valence-corrected chi connectivity index (χ0v) is 20.1. The van der Waals surface area contributed by atoms with Crippen LogP contribution in [0.4, 0.5) is 4.39 Å². The number of phenolic OH excluding ortho intramolecular Hbond substituents is 1. The molecule has 0 aromatic heterocycles. The fraction of sp³-hybridized carbons (Fsp3) is 0.333. The average Bonchev–Trinajstić information content (AvgIpc) is 3.48. The fourth-order valence-corrected chi connectivity index (χ4v) is 5.53. The first-order valence-electron chi connectivity index (χ1n) is 12.4. The maximum Gasteiger partial charge on any atom is 0.139 e. The van der Waals surface area contributed by atoms with Gasteiger partial charge in [0.25, 0.3) is 0 Å². The lowest BCUT2D eigenvalue weighted by Gasteiger charge is -2.29. The van der Waals surface area contributed by atoms with Gasteiger partial charge in [-0.2, -0.15) is 0 Å². The Hall–Kier alpha value is -3.31. The third-order valence-electron chi connectivity index (χ3n) is 7.74. The predicted octanol–water partition coefficient (Wildman–Crippen LogP) is 6.31. The number of nitrogens with zero attached hydrogens (tertiary/aromatic N) is 1. The van der Waals surface area contributed by atoms with Crippen molar-refractivity contribution in [1.29, 1.82) is 0 Å². The first-order chi connectivity index (χ1) is 17.0. The average molecular weight is 472 g/mol. The van der Waals surface area contributed by atoms with Gasteiger partial charge in [0.15, 0.2) is 0 Å². The molecular formula is C30H30FNO3. The topological polar surface area (TPSA) is 41.9 Å². The highest BCUT2D eigenvalue weighted by atomic mass is 19.1. The maximum atomic E-state index is 13.7. The van der Waals surface area contributed by atoms with Gasteiger partial charge < -0.3 is 14.6 Å². The number of fused-ring (bicyclic) bond motifs is 2. The van der Waals surface area contributed by atoms with Crippen LogP contribution >= 0.6 is 0 Å². The molecule has 180 valence electrons. The van der Waals surface area contributed by atoms with Gasteiger partial charge in [0.1, 0.15) is 35.4 Å². The van der Waals surface area contributed by atoms with Crippen molar-refractivity contribution in [1.82, 2.24) is 4.90 Å². The highest BCUT2D eigenvalue weighted by Gasteiger charge is 2.46. The molecule has 0 radical (unpaired) electrons. The van der Waals surface area contributed by atoms with Crippen LogP contribution in [0.15, 0.2) is 66.7 Å². The van der Waals surface area contributed by atoms with E-state index in [0.717, 1.165) is 45.6 Å². The molecule has 2 heterocycles. The summed E-state index contributed by atoms with van der Waals surface area (Å²) in [7, 11) is 0. The van der Waals surface area contributed by atoms with Crippen LogP contribution in [0.5, 0.6) is 17.2 Å². The summed E-state index contributed by atoms with van der Waals surface area (Å²) in [5.41, 5.74) is 3.68. The van der Waals surface area contributed by atoms with Crippen LogP contribution in [0.3, 0.4) is 0 Å². The van der Waals surface area contributed by atoms with Crippen molar-refractivity contribution in [3.8, 4) is 17.2 Å². The van der Waals surface area contributed by atoms with E-state index >= 15 is 0 Å². The Bertz CT molecular complexity index is 1260. The summed E-state index contributed by atoms with van der Waals surface area (Å²) < 4.78 is 26.2. The lowest BCUT2D eigenvalue weighted by molar-refractivity contribution is 0.160. The van der Waals surface area contributed by atoms with Crippen molar-refractivity contribution in [2.75, 3.05) is 19.7 Å². The van der Waals surface area contributed by atoms with Crippen LogP contribution in [-0.4, -0.2) is 35.7 Å². The Morgan fingerprint density at radius 1 is 1.00 bits per heavy atom. The summed E-state index contributed by atoms with van der Waals surface area (Å²) in [5, 5.41) is 10.0. The Kier molecular flexibility index (Phi) is 5.53. The van der Waals surface area contributed by atoms with Crippen LogP contribution in [0.1, 0.15) is 42.9 Å². The van der Waals surface area contributed by atoms with Crippen LogP contribution < -0.4 is 9.47 Å². The minimum absolute atomic E-state index is 0.0465. The van der Waals surface area contributed by atoms with E-state index in [-0.39, 0.29) is 17.5 Å². The van der Waals surface area contributed by atoms with Gasteiger partial charge >= 0.3 is 0 Å². The van der Waals surface area contributed by atoms with Gasteiger partial charge in [-0.15, -0.1) is 0 Å². The van der Waals surface area contributed by atoms with E-state index in [1.165, 1.54) is 31.6 Å². The number of allylic oxidation sites excluding steroid dienone is 1. The van der Waals surface area contributed by atoms with E-state index in [4.69, 9.17) is 9.47 Å². The van der Waals surface area contributed by atoms with Gasteiger partial charge in [-0.1, -0.05) is 19.1 Å². The molecule has 6 rings (SSSR count). The molecule has 0 amide bonds. The molecule has 3 aliphatic rings. The number of ether oxygens (including phenoxy) is 2. The second kappa shape index (κ2) is 8.72. The summed E-state index contributed by atoms with van der Waals surface area (Å²) >= 11 is 0. The SMILES string of the molecule is CC1C(c2ccc(F)cc2)=C(c2ccc(OC[C@H](C)N3CC4CC4C3)cc2)Oc2ccc(O)cc21. The maximum absolute atomic E-state index is 13.7. The molecule has 2 fully saturated rings. The van der Waals surface area contributed by atoms with Crippen molar-refractivity contribution in [3.63, 3.8) is 0 Å². The number of piperidine rings is 1. The summed E-state index contributed by atoms with van der Waals surface area (Å²) in [4.78, 5) is 2.54. The van der Waals surface area contributed by atoms with Crippen molar-refractivity contribution >= 4 is 11.3 Å². The quantitative estimate of drug-likeness (QED) is 0.457. The number of aromatic hydroxyl groups is 1. The van der Waals surface area contributed by atoms with E-state index < -0.39 is 0 Å². The number of likely N-dealkylation sites (tertiary alicyclic amines) is 1. The molecule has 3 aromatic carbocycles. The zero-order chi connectivity index (χ0) is 24.1. The van der Waals surface area contributed by atoms with Crippen LogP contribution in [0.25, 0.3) is 11.3 Å². The number of halogens is 1. The smallest absolute Gasteiger partial charge is 0.139 e. The van der Waals surface area contributed by atoms with Crippen LogP contribution in [0, 0.1) is 17.7 Å². The first kappa shape index (κ1) is 22.2. The largest absolute Gasteiger partial charge is 0.508 e. The second-order valence-corrected chi connectivity index (χ2v) is 10.2. The molecule has 0 spiro atoms. The van der Waals surface area contributed by atoms with Crippen LogP contribution in [-0.2, 0) is 0 Å². The normalized spacial score (nSPS) is 23.9. The third kappa shape index (κ3) is 4.30. The monoisotopic (exact) mass is 471 g/mol.